The highest BCUT2D eigenvalue weighted by Crippen LogP contribution is 2.20. The predicted octanol–water partition coefficient (Wildman–Crippen LogP) is 2.08. The molecule has 0 aromatic carbocycles. The molecule has 1 N–H and O–H groups in total. The van der Waals surface area contributed by atoms with Crippen molar-refractivity contribution in [1.29, 1.82) is 0 Å². The zero-order valence-corrected chi connectivity index (χ0v) is 11.7. The summed E-state index contributed by atoms with van der Waals surface area (Å²) < 4.78 is 5.42. The lowest BCUT2D eigenvalue weighted by atomic mass is 9.98. The Bertz CT molecular complexity index is 455. The van der Waals surface area contributed by atoms with E-state index in [4.69, 9.17) is 4.74 Å². The van der Waals surface area contributed by atoms with Crippen molar-refractivity contribution in [2.24, 2.45) is 0 Å². The molecule has 2 rings (SSSR count). The number of esters is 1. The van der Waals surface area contributed by atoms with E-state index in [0.29, 0.717) is 5.69 Å². The zero-order chi connectivity index (χ0) is 14.4. The number of hydrogen-bond acceptors (Lipinski definition) is 4. The molecule has 1 aromatic rings. The fourth-order valence-corrected chi connectivity index (χ4v) is 2.28. The number of carbonyl (C=O) groups is 2. The molecule has 0 saturated heterocycles. The number of pyridine rings is 1. The highest BCUT2D eigenvalue weighted by atomic mass is 16.5. The first-order valence-corrected chi connectivity index (χ1v) is 7.09. The Labute approximate surface area is 118 Å². The molecule has 1 heterocycles. The van der Waals surface area contributed by atoms with Crippen LogP contribution in [0, 0.1) is 0 Å². The summed E-state index contributed by atoms with van der Waals surface area (Å²) in [5.74, 6) is -0.736. The molecule has 20 heavy (non-hydrogen) atoms. The van der Waals surface area contributed by atoms with Crippen LogP contribution in [0.2, 0.25) is 0 Å². The van der Waals surface area contributed by atoms with E-state index in [1.165, 1.54) is 6.42 Å². The van der Waals surface area contributed by atoms with Crippen LogP contribution in [0.25, 0.3) is 0 Å². The molecular weight excluding hydrogens is 256 g/mol. The molecule has 1 atom stereocenters. The first-order valence-electron chi connectivity index (χ1n) is 7.09. The van der Waals surface area contributed by atoms with E-state index in [9.17, 15) is 9.59 Å². The Morgan fingerprint density at radius 3 is 2.70 bits per heavy atom. The van der Waals surface area contributed by atoms with Gasteiger partial charge in [-0.25, -0.2) is 4.79 Å². The van der Waals surface area contributed by atoms with E-state index < -0.39 is 6.04 Å². The Hall–Kier alpha value is -1.91. The summed E-state index contributed by atoms with van der Waals surface area (Å²) in [6.07, 6.45) is 6.81. The number of hydrogen-bond donors (Lipinski definition) is 1. The van der Waals surface area contributed by atoms with Crippen molar-refractivity contribution in [2.45, 2.75) is 51.2 Å². The SMILES string of the molecule is CC(NC(=O)c1ccccn1)C(=O)OC1CCCCC1. The van der Waals surface area contributed by atoms with E-state index in [1.807, 2.05) is 0 Å². The number of carbonyl (C=O) groups excluding carboxylic acids is 2. The third-order valence-corrected chi connectivity index (χ3v) is 3.43. The Morgan fingerprint density at radius 2 is 2.05 bits per heavy atom. The van der Waals surface area contributed by atoms with Crippen LogP contribution in [0.3, 0.4) is 0 Å². The Balaban J connectivity index is 1.83. The van der Waals surface area contributed by atoms with Crippen LogP contribution in [0.1, 0.15) is 49.5 Å². The number of ether oxygens (including phenoxy) is 1. The lowest BCUT2D eigenvalue weighted by Crippen LogP contribution is -2.41. The normalized spacial score (nSPS) is 17.2. The fraction of sp³-hybridized carbons (Fsp3) is 0.533. The van der Waals surface area contributed by atoms with E-state index in [1.54, 1.807) is 31.3 Å². The van der Waals surface area contributed by atoms with Gasteiger partial charge in [0.2, 0.25) is 0 Å². The van der Waals surface area contributed by atoms with Crippen molar-refractivity contribution in [3.63, 3.8) is 0 Å². The smallest absolute Gasteiger partial charge is 0.328 e. The minimum Gasteiger partial charge on any atom is -0.461 e. The van der Waals surface area contributed by atoms with Gasteiger partial charge in [-0.3, -0.25) is 9.78 Å². The number of nitrogens with zero attached hydrogens (tertiary/aromatic N) is 1. The average molecular weight is 276 g/mol. The highest BCUT2D eigenvalue weighted by molar-refractivity contribution is 5.95. The standard InChI is InChI=1S/C15H20N2O3/c1-11(15(19)20-12-7-3-2-4-8-12)17-14(18)13-9-5-6-10-16-13/h5-6,9-12H,2-4,7-8H2,1H3,(H,17,18). The van der Waals surface area contributed by atoms with Crippen molar-refractivity contribution in [1.82, 2.24) is 10.3 Å². The maximum Gasteiger partial charge on any atom is 0.328 e. The van der Waals surface area contributed by atoms with Crippen LogP contribution in [0.4, 0.5) is 0 Å². The van der Waals surface area contributed by atoms with Crippen LogP contribution in [0.5, 0.6) is 0 Å². The third kappa shape index (κ3) is 4.05. The molecule has 5 heteroatoms. The summed E-state index contributed by atoms with van der Waals surface area (Å²) in [4.78, 5) is 27.7. The molecule has 1 aliphatic rings. The van der Waals surface area contributed by atoms with Gasteiger partial charge in [0.25, 0.3) is 5.91 Å². The highest BCUT2D eigenvalue weighted by Gasteiger charge is 2.23. The lowest BCUT2D eigenvalue weighted by Gasteiger charge is -2.23. The maximum absolute atomic E-state index is 11.9. The van der Waals surface area contributed by atoms with Gasteiger partial charge in [-0.1, -0.05) is 12.5 Å². The number of aromatic nitrogens is 1. The topological polar surface area (TPSA) is 68.3 Å². The molecule has 1 aromatic heterocycles. The average Bonchev–Trinajstić information content (AvgIpc) is 2.49. The molecule has 1 unspecified atom stereocenters. The second-order valence-electron chi connectivity index (χ2n) is 5.11. The summed E-state index contributed by atoms with van der Waals surface area (Å²) in [6.45, 7) is 1.63. The molecule has 0 radical (unpaired) electrons. The van der Waals surface area contributed by atoms with Gasteiger partial charge in [-0.05, 0) is 44.7 Å². The second kappa shape index (κ2) is 7.03. The van der Waals surface area contributed by atoms with Crippen LogP contribution in [0.15, 0.2) is 24.4 Å². The summed E-state index contributed by atoms with van der Waals surface area (Å²) in [5, 5.41) is 2.61. The van der Waals surface area contributed by atoms with E-state index in [2.05, 4.69) is 10.3 Å². The molecular formula is C15H20N2O3. The van der Waals surface area contributed by atoms with Gasteiger partial charge < -0.3 is 10.1 Å². The van der Waals surface area contributed by atoms with Gasteiger partial charge >= 0.3 is 5.97 Å². The van der Waals surface area contributed by atoms with Gasteiger partial charge in [-0.15, -0.1) is 0 Å². The number of nitrogens with one attached hydrogen (secondary N) is 1. The molecule has 1 amide bonds. The lowest BCUT2D eigenvalue weighted by molar-refractivity contribution is -0.152. The van der Waals surface area contributed by atoms with Crippen molar-refractivity contribution in [2.75, 3.05) is 0 Å². The Kier molecular flexibility index (Phi) is 5.09. The van der Waals surface area contributed by atoms with Crippen LogP contribution < -0.4 is 5.32 Å². The van der Waals surface area contributed by atoms with Crippen molar-refractivity contribution in [3.05, 3.63) is 30.1 Å². The molecule has 1 aliphatic carbocycles. The summed E-state index contributed by atoms with van der Waals surface area (Å²) >= 11 is 0. The molecule has 1 saturated carbocycles. The van der Waals surface area contributed by atoms with Gasteiger partial charge in [0.15, 0.2) is 0 Å². The van der Waals surface area contributed by atoms with E-state index in [-0.39, 0.29) is 18.0 Å². The molecule has 0 spiro atoms. The first kappa shape index (κ1) is 14.5. The fourth-order valence-electron chi connectivity index (χ4n) is 2.28. The van der Waals surface area contributed by atoms with Crippen molar-refractivity contribution >= 4 is 11.9 Å². The second-order valence-corrected chi connectivity index (χ2v) is 5.11. The molecule has 0 aliphatic heterocycles. The minimum absolute atomic E-state index is 0.00505. The van der Waals surface area contributed by atoms with Crippen molar-refractivity contribution < 1.29 is 14.3 Å². The van der Waals surface area contributed by atoms with Gasteiger partial charge in [0.1, 0.15) is 17.8 Å². The predicted molar refractivity (Wildman–Crippen MR) is 74.1 cm³/mol. The van der Waals surface area contributed by atoms with Crippen LogP contribution in [-0.2, 0) is 9.53 Å². The Morgan fingerprint density at radius 1 is 1.30 bits per heavy atom. The summed E-state index contributed by atoms with van der Waals surface area (Å²) in [6, 6.07) is 4.41. The minimum atomic E-state index is -0.661. The van der Waals surface area contributed by atoms with Gasteiger partial charge in [0.05, 0.1) is 0 Å². The molecule has 5 nitrogen and oxygen atoms in total. The molecule has 1 fully saturated rings. The summed E-state index contributed by atoms with van der Waals surface area (Å²) in [7, 11) is 0. The van der Waals surface area contributed by atoms with Gasteiger partial charge in [0, 0.05) is 6.20 Å². The van der Waals surface area contributed by atoms with E-state index in [0.717, 1.165) is 25.7 Å². The number of amides is 1. The molecule has 0 bridgehead atoms. The van der Waals surface area contributed by atoms with Crippen molar-refractivity contribution in [3.8, 4) is 0 Å². The van der Waals surface area contributed by atoms with Crippen LogP contribution in [-0.4, -0.2) is 29.0 Å². The van der Waals surface area contributed by atoms with Gasteiger partial charge in [-0.2, -0.15) is 0 Å². The molecule has 108 valence electrons. The zero-order valence-electron chi connectivity index (χ0n) is 11.7. The maximum atomic E-state index is 11.9. The van der Waals surface area contributed by atoms with Crippen LogP contribution >= 0.6 is 0 Å². The monoisotopic (exact) mass is 276 g/mol. The third-order valence-electron chi connectivity index (χ3n) is 3.43. The number of rotatable bonds is 4. The quantitative estimate of drug-likeness (QED) is 0.855. The first-order chi connectivity index (χ1) is 9.66. The largest absolute Gasteiger partial charge is 0.461 e. The van der Waals surface area contributed by atoms with E-state index >= 15 is 0 Å². The summed E-state index contributed by atoms with van der Waals surface area (Å²) in [5.41, 5.74) is 0.296.